The van der Waals surface area contributed by atoms with Crippen molar-refractivity contribution in [2.24, 2.45) is 0 Å². The van der Waals surface area contributed by atoms with Crippen molar-refractivity contribution in [1.82, 2.24) is 9.13 Å². The molecule has 4 nitrogen and oxygen atoms in total. The molecule has 0 saturated heterocycles. The Bertz CT molecular complexity index is 5470. The lowest BCUT2D eigenvalue weighted by Crippen LogP contribution is -2.61. The number of fused-ring (bicyclic) bond motifs is 10. The second-order valence-corrected chi connectivity index (χ2v) is 24.1. The number of benzene rings is 12. The fourth-order valence-electron chi connectivity index (χ4n) is 13.0. The van der Waals surface area contributed by atoms with E-state index in [1.165, 1.54) is 0 Å². The lowest BCUT2D eigenvalue weighted by atomic mass is 9.33. The summed E-state index contributed by atoms with van der Waals surface area (Å²) in [5, 5.41) is -0.237. The number of anilines is 6. The molecular weight excluding hydrogens is 1030 g/mol. The minimum absolute atomic E-state index is 0.0356. The van der Waals surface area contributed by atoms with Crippen LogP contribution in [0.5, 0.6) is 0 Å². The SMILES string of the molecule is [2H]c1c([2H])c([2H])c2c(c1[2H])c1c([2H])c([2H])c([2H])c([2H])c1n2-c1ccc2c(c1)N(c1ccc(C(C)(C)C)cc1-c1ccccc1)c1cc(-c3ccccc3)cc3c1B2c1ccc(-n2c4c([2H])c([2H])c([2H])c([2H])c4c4c([2H])c([2H])c([2H])c([2H])c42)cc1N3c1ccc(C(C)(C)C)cc1-c1ccccc1. The van der Waals surface area contributed by atoms with E-state index in [2.05, 4.69) is 136 Å². The van der Waals surface area contributed by atoms with Gasteiger partial charge in [0, 0.05) is 66.8 Å². The van der Waals surface area contributed by atoms with Crippen molar-refractivity contribution in [1.29, 1.82) is 0 Å². The zero-order valence-corrected chi connectivity index (χ0v) is 47.6. The molecule has 0 N–H and O–H groups in total. The van der Waals surface area contributed by atoms with E-state index in [4.69, 9.17) is 11.0 Å². The molecular formula is C80H63BN4. The average molecular weight is 1110 g/mol. The molecule has 2 aliphatic heterocycles. The van der Waals surface area contributed by atoms with Gasteiger partial charge in [0.25, 0.3) is 6.71 Å². The quantitative estimate of drug-likeness (QED) is 0.148. The molecule has 0 bridgehead atoms. The molecule has 14 aromatic rings. The van der Waals surface area contributed by atoms with Gasteiger partial charge in [-0.1, -0.05) is 229 Å². The van der Waals surface area contributed by atoms with E-state index in [9.17, 15) is 11.0 Å². The maximum absolute atomic E-state index is 9.65. The fraction of sp³-hybridized carbons (Fsp3) is 0.100. The van der Waals surface area contributed by atoms with E-state index in [1.54, 1.807) is 9.13 Å². The minimum Gasteiger partial charge on any atom is -0.311 e. The predicted octanol–water partition coefficient (Wildman–Crippen LogP) is 19.6. The molecule has 12 aromatic carbocycles. The molecule has 0 aliphatic carbocycles. The smallest absolute Gasteiger partial charge is 0.252 e. The van der Waals surface area contributed by atoms with Gasteiger partial charge >= 0.3 is 0 Å². The number of rotatable bonds is 7. The van der Waals surface area contributed by atoms with E-state index < -0.39 is 103 Å². The predicted molar refractivity (Wildman–Crippen MR) is 363 cm³/mol. The molecule has 0 amide bonds. The zero-order chi connectivity index (χ0) is 71.2. The van der Waals surface area contributed by atoms with E-state index >= 15 is 0 Å². The van der Waals surface area contributed by atoms with E-state index in [-0.39, 0.29) is 54.4 Å². The summed E-state index contributed by atoms with van der Waals surface area (Å²) >= 11 is 0. The highest BCUT2D eigenvalue weighted by atomic mass is 15.2. The van der Waals surface area contributed by atoms with Crippen molar-refractivity contribution in [2.75, 3.05) is 9.80 Å². The first-order chi connectivity index (χ1) is 48.1. The molecule has 0 fully saturated rings. The van der Waals surface area contributed by atoms with Crippen LogP contribution in [-0.4, -0.2) is 15.8 Å². The van der Waals surface area contributed by atoms with Crippen molar-refractivity contribution in [2.45, 2.75) is 52.4 Å². The Balaban J connectivity index is 1.10. The Labute approximate surface area is 520 Å². The Kier molecular flexibility index (Phi) is 8.25. The molecule has 2 aromatic heterocycles. The van der Waals surface area contributed by atoms with Crippen LogP contribution in [0, 0.1) is 0 Å². The summed E-state index contributed by atoms with van der Waals surface area (Å²) < 4.78 is 151. The highest BCUT2D eigenvalue weighted by molar-refractivity contribution is 7.00. The standard InChI is InChI=1S/C80H63BN4/c1-79(2,3)56-38-44-72(64(48-56)53-26-12-8-13-27-53)84-74-50-58(82-68-34-20-16-30-60(68)61-31-17-21-35-69(61)82)40-42-66(74)81-67-43-41-59(83-70-36-22-18-32-62(70)63-33-19-23-37-71(63)83)51-75(67)85(77-47-55(46-76(84)78(77)81)52-24-10-7-11-25-52)73-45-39-57(80(4,5)6)49-65(73)54-28-14-9-15-29-54/h7-51H,1-6H3/i16D,17D,18D,19D,20D,21D,22D,23D,30D,31D,32D,33D,34D,35D,36D,37D. The van der Waals surface area contributed by atoms with Gasteiger partial charge in [0.05, 0.1) is 55.4 Å². The van der Waals surface area contributed by atoms with Crippen LogP contribution in [0.1, 0.15) is 74.6 Å². The third-order valence-electron chi connectivity index (χ3n) is 17.1. The third-order valence-corrected chi connectivity index (χ3v) is 17.1. The molecule has 16 rings (SSSR count). The summed E-state index contributed by atoms with van der Waals surface area (Å²) in [6.07, 6.45) is 0. The van der Waals surface area contributed by atoms with E-state index in [1.807, 2.05) is 91.0 Å². The fourth-order valence-corrected chi connectivity index (χ4v) is 13.0. The first-order valence-corrected chi connectivity index (χ1v) is 28.6. The largest absolute Gasteiger partial charge is 0.311 e. The molecule has 5 heteroatoms. The van der Waals surface area contributed by atoms with Crippen LogP contribution in [0.2, 0.25) is 0 Å². The van der Waals surface area contributed by atoms with Crippen LogP contribution in [0.3, 0.4) is 0 Å². The highest BCUT2D eigenvalue weighted by Crippen LogP contribution is 2.52. The maximum atomic E-state index is 9.65. The number of nitrogens with zero attached hydrogens (tertiary/aromatic N) is 4. The van der Waals surface area contributed by atoms with Crippen LogP contribution in [0.25, 0.3) is 88.4 Å². The summed E-state index contributed by atoms with van der Waals surface area (Å²) in [6.45, 7) is 12.4. The minimum atomic E-state index is -0.686. The summed E-state index contributed by atoms with van der Waals surface area (Å²) in [5.74, 6) is 0. The Hall–Kier alpha value is -10.1. The normalized spacial score (nSPS) is 15.6. The van der Waals surface area contributed by atoms with Crippen LogP contribution >= 0.6 is 0 Å². The molecule has 406 valence electrons. The van der Waals surface area contributed by atoms with E-state index in [0.29, 0.717) is 22.7 Å². The Morgan fingerprint density at radius 3 is 1.04 bits per heavy atom. The van der Waals surface area contributed by atoms with Gasteiger partial charge in [-0.3, -0.25) is 0 Å². The van der Waals surface area contributed by atoms with Crippen LogP contribution in [-0.2, 0) is 10.8 Å². The monoisotopic (exact) mass is 1110 g/mol. The van der Waals surface area contributed by atoms with E-state index in [0.717, 1.165) is 83.6 Å². The van der Waals surface area contributed by atoms with Gasteiger partial charge in [0.15, 0.2) is 0 Å². The molecule has 0 radical (unpaired) electrons. The van der Waals surface area contributed by atoms with Gasteiger partial charge < -0.3 is 18.9 Å². The summed E-state index contributed by atoms with van der Waals surface area (Å²) in [7, 11) is 0. The van der Waals surface area contributed by atoms with Gasteiger partial charge in [0.1, 0.15) is 0 Å². The van der Waals surface area contributed by atoms with Crippen molar-refractivity contribution in [3.05, 3.63) is 284 Å². The van der Waals surface area contributed by atoms with Crippen LogP contribution in [0.4, 0.5) is 34.1 Å². The second-order valence-electron chi connectivity index (χ2n) is 24.1. The summed E-state index contributed by atoms with van der Waals surface area (Å²) in [4.78, 5) is 4.51. The van der Waals surface area contributed by atoms with Crippen molar-refractivity contribution in [3.63, 3.8) is 0 Å². The van der Waals surface area contributed by atoms with Gasteiger partial charge in [-0.25, -0.2) is 0 Å². The highest BCUT2D eigenvalue weighted by Gasteiger charge is 2.45. The van der Waals surface area contributed by atoms with Gasteiger partial charge in [-0.05, 0) is 145 Å². The summed E-state index contributed by atoms with van der Waals surface area (Å²) in [5.41, 5.74) is 14.0. The first kappa shape index (κ1) is 36.5. The maximum Gasteiger partial charge on any atom is 0.252 e. The molecule has 0 saturated carbocycles. The van der Waals surface area contributed by atoms with Gasteiger partial charge in [0.2, 0.25) is 0 Å². The van der Waals surface area contributed by atoms with Crippen LogP contribution < -0.4 is 26.2 Å². The first-order valence-electron chi connectivity index (χ1n) is 36.6. The number of para-hydroxylation sites is 4. The second kappa shape index (κ2) is 19.2. The van der Waals surface area contributed by atoms with Crippen molar-refractivity contribution in [3.8, 4) is 44.8 Å². The summed E-state index contributed by atoms with van der Waals surface area (Å²) in [6, 6.07) is 51.4. The van der Waals surface area contributed by atoms with Crippen molar-refractivity contribution >= 4 is 101 Å². The number of hydrogen-bond acceptors (Lipinski definition) is 2. The van der Waals surface area contributed by atoms with Crippen molar-refractivity contribution < 1.29 is 21.9 Å². The lowest BCUT2D eigenvalue weighted by molar-refractivity contribution is 0.590. The van der Waals surface area contributed by atoms with Crippen LogP contribution in [0.15, 0.2) is 273 Å². The Morgan fingerprint density at radius 2 is 0.671 bits per heavy atom. The van der Waals surface area contributed by atoms with Gasteiger partial charge in [-0.2, -0.15) is 0 Å². The molecule has 4 heterocycles. The molecule has 85 heavy (non-hydrogen) atoms. The topological polar surface area (TPSA) is 16.3 Å². The zero-order valence-electron chi connectivity index (χ0n) is 63.6. The third kappa shape index (κ3) is 8.05. The number of hydrogen-bond donors (Lipinski definition) is 0. The average Bonchev–Trinajstić information content (AvgIpc) is 1.54. The molecule has 0 atom stereocenters. The number of aromatic nitrogens is 2. The molecule has 0 unspecified atom stereocenters. The molecule has 2 aliphatic rings. The molecule has 0 spiro atoms. The lowest BCUT2D eigenvalue weighted by Gasteiger charge is -2.45. The Morgan fingerprint density at radius 1 is 0.318 bits per heavy atom. The van der Waals surface area contributed by atoms with Gasteiger partial charge in [-0.15, -0.1) is 0 Å².